The second kappa shape index (κ2) is 6.38. The molecule has 3 atom stereocenters. The molecule has 0 spiro atoms. The van der Waals surface area contributed by atoms with Crippen molar-refractivity contribution in [2.24, 2.45) is 17.3 Å². The van der Waals surface area contributed by atoms with E-state index in [1.807, 2.05) is 0 Å². The number of hydrogen-bond donors (Lipinski definition) is 1. The standard InChI is InChI=1S/C19H22Cl2N2O3/c1-11(16(24)23-15-3-2-14(20)9-22-15)26-17(25)18-5-12-4-13(6-18)8-19(21,7-12)10-18/h2-3,9,11-13H,4-8,10H2,1H3,(H,22,23,24). The molecule has 7 heteroatoms. The van der Waals surface area contributed by atoms with Gasteiger partial charge in [-0.25, -0.2) is 4.98 Å². The first-order chi connectivity index (χ1) is 12.3. The predicted molar refractivity (Wildman–Crippen MR) is 99.1 cm³/mol. The van der Waals surface area contributed by atoms with Gasteiger partial charge < -0.3 is 10.1 Å². The third-order valence-corrected chi connectivity index (χ3v) is 6.72. The van der Waals surface area contributed by atoms with E-state index in [1.54, 1.807) is 19.1 Å². The van der Waals surface area contributed by atoms with Gasteiger partial charge in [0.1, 0.15) is 5.82 Å². The zero-order valence-electron chi connectivity index (χ0n) is 14.6. The Kier molecular flexibility index (Phi) is 4.43. The molecule has 0 aliphatic heterocycles. The van der Waals surface area contributed by atoms with E-state index >= 15 is 0 Å². The van der Waals surface area contributed by atoms with Crippen LogP contribution in [0.4, 0.5) is 5.82 Å². The number of rotatable bonds is 4. The van der Waals surface area contributed by atoms with E-state index < -0.39 is 17.4 Å². The lowest BCUT2D eigenvalue weighted by atomic mass is 9.49. The molecule has 0 radical (unpaired) electrons. The van der Waals surface area contributed by atoms with E-state index in [9.17, 15) is 9.59 Å². The zero-order valence-corrected chi connectivity index (χ0v) is 16.1. The van der Waals surface area contributed by atoms with Crippen LogP contribution in [0.1, 0.15) is 45.4 Å². The second-order valence-corrected chi connectivity index (χ2v) is 9.53. The quantitative estimate of drug-likeness (QED) is 0.611. The maximum absolute atomic E-state index is 13.0. The van der Waals surface area contributed by atoms with Crippen molar-refractivity contribution in [2.75, 3.05) is 5.32 Å². The molecule has 4 saturated carbocycles. The number of carbonyl (C=O) groups excluding carboxylic acids is 2. The van der Waals surface area contributed by atoms with Crippen molar-refractivity contribution >= 4 is 40.9 Å². The molecular formula is C19H22Cl2N2O3. The molecule has 4 bridgehead atoms. The Morgan fingerprint density at radius 1 is 1.27 bits per heavy atom. The molecule has 4 aliphatic rings. The first kappa shape index (κ1) is 18.1. The van der Waals surface area contributed by atoms with E-state index in [0.29, 0.717) is 29.1 Å². The maximum Gasteiger partial charge on any atom is 0.312 e. The summed E-state index contributed by atoms with van der Waals surface area (Å²) in [4.78, 5) is 29.1. The van der Waals surface area contributed by atoms with Crippen molar-refractivity contribution in [1.29, 1.82) is 0 Å². The summed E-state index contributed by atoms with van der Waals surface area (Å²) in [5, 5.41) is 3.13. The molecule has 1 heterocycles. The highest BCUT2D eigenvalue weighted by Crippen LogP contribution is 2.64. The van der Waals surface area contributed by atoms with Gasteiger partial charge in [-0.05, 0) is 69.4 Å². The number of esters is 1. The molecule has 1 amide bonds. The fraction of sp³-hybridized carbons (Fsp3) is 0.632. The number of nitrogens with zero attached hydrogens (tertiary/aromatic N) is 1. The van der Waals surface area contributed by atoms with Crippen LogP contribution < -0.4 is 5.32 Å². The summed E-state index contributed by atoms with van der Waals surface area (Å²) in [6.07, 6.45) is 6.06. The van der Waals surface area contributed by atoms with Crippen LogP contribution in [0.15, 0.2) is 18.3 Å². The summed E-state index contributed by atoms with van der Waals surface area (Å²) in [5.41, 5.74) is -0.515. The number of pyridine rings is 1. The number of anilines is 1. The van der Waals surface area contributed by atoms with Crippen LogP contribution in [-0.4, -0.2) is 27.8 Å². The molecule has 1 N–H and O–H groups in total. The Balaban J connectivity index is 1.41. The van der Waals surface area contributed by atoms with E-state index in [0.717, 1.165) is 25.7 Å². The van der Waals surface area contributed by atoms with E-state index in [-0.39, 0.29) is 10.8 Å². The van der Waals surface area contributed by atoms with Crippen molar-refractivity contribution in [2.45, 2.75) is 56.4 Å². The summed E-state index contributed by atoms with van der Waals surface area (Å²) in [7, 11) is 0. The van der Waals surface area contributed by atoms with Crippen molar-refractivity contribution in [3.63, 3.8) is 0 Å². The van der Waals surface area contributed by atoms with Gasteiger partial charge in [0.25, 0.3) is 5.91 Å². The molecular weight excluding hydrogens is 375 g/mol. The Hall–Kier alpha value is -1.33. The lowest BCUT2D eigenvalue weighted by Crippen LogP contribution is -2.57. The monoisotopic (exact) mass is 396 g/mol. The van der Waals surface area contributed by atoms with Gasteiger partial charge >= 0.3 is 5.97 Å². The lowest BCUT2D eigenvalue weighted by Gasteiger charge is -2.58. The molecule has 1 aromatic heterocycles. The van der Waals surface area contributed by atoms with E-state index in [2.05, 4.69) is 10.3 Å². The molecule has 26 heavy (non-hydrogen) atoms. The van der Waals surface area contributed by atoms with Crippen LogP contribution in [0.3, 0.4) is 0 Å². The van der Waals surface area contributed by atoms with E-state index in [4.69, 9.17) is 27.9 Å². The Morgan fingerprint density at radius 2 is 1.96 bits per heavy atom. The van der Waals surface area contributed by atoms with Crippen LogP contribution in [0.5, 0.6) is 0 Å². The molecule has 5 nitrogen and oxygen atoms in total. The molecule has 0 aromatic carbocycles. The minimum Gasteiger partial charge on any atom is -0.452 e. The average Bonchev–Trinajstić information content (AvgIpc) is 2.54. The van der Waals surface area contributed by atoms with Crippen LogP contribution in [0.2, 0.25) is 5.02 Å². The van der Waals surface area contributed by atoms with Crippen LogP contribution in [-0.2, 0) is 14.3 Å². The predicted octanol–water partition coefficient (Wildman–Crippen LogP) is 4.18. The largest absolute Gasteiger partial charge is 0.452 e. The number of nitrogens with one attached hydrogen (secondary N) is 1. The summed E-state index contributed by atoms with van der Waals surface area (Å²) in [6.45, 7) is 1.58. The Morgan fingerprint density at radius 3 is 2.54 bits per heavy atom. The summed E-state index contributed by atoms with van der Waals surface area (Å²) < 4.78 is 5.57. The molecule has 5 rings (SSSR count). The molecule has 4 fully saturated rings. The van der Waals surface area contributed by atoms with Crippen LogP contribution in [0.25, 0.3) is 0 Å². The van der Waals surface area contributed by atoms with Gasteiger partial charge in [-0.3, -0.25) is 9.59 Å². The second-order valence-electron chi connectivity index (χ2n) is 8.29. The van der Waals surface area contributed by atoms with Crippen molar-refractivity contribution in [3.05, 3.63) is 23.4 Å². The normalized spacial score (nSPS) is 35.8. The first-order valence-corrected chi connectivity index (χ1v) is 9.85. The molecule has 0 saturated heterocycles. The SMILES string of the molecule is CC(OC(=O)C12CC3CC(CC(Cl)(C3)C1)C2)C(=O)Nc1ccc(Cl)cn1. The Labute approximate surface area is 162 Å². The van der Waals surface area contributed by atoms with Crippen molar-refractivity contribution in [1.82, 2.24) is 4.98 Å². The van der Waals surface area contributed by atoms with Gasteiger partial charge in [0.15, 0.2) is 6.10 Å². The van der Waals surface area contributed by atoms with E-state index in [1.165, 1.54) is 12.6 Å². The minimum atomic E-state index is -0.890. The van der Waals surface area contributed by atoms with Gasteiger partial charge in [-0.2, -0.15) is 0 Å². The number of carbonyl (C=O) groups is 2. The lowest BCUT2D eigenvalue weighted by molar-refractivity contribution is -0.176. The number of ether oxygens (including phenoxy) is 1. The molecule has 1 aromatic rings. The van der Waals surface area contributed by atoms with Crippen LogP contribution >= 0.6 is 23.2 Å². The highest BCUT2D eigenvalue weighted by molar-refractivity contribution is 6.30. The number of alkyl halides is 1. The number of halogens is 2. The van der Waals surface area contributed by atoms with Gasteiger partial charge in [0.05, 0.1) is 10.4 Å². The maximum atomic E-state index is 13.0. The fourth-order valence-corrected chi connectivity index (χ4v) is 6.21. The molecule has 140 valence electrons. The van der Waals surface area contributed by atoms with Crippen molar-refractivity contribution in [3.8, 4) is 0 Å². The third kappa shape index (κ3) is 3.31. The highest BCUT2D eigenvalue weighted by atomic mass is 35.5. The molecule has 3 unspecified atom stereocenters. The number of aromatic nitrogens is 1. The summed E-state index contributed by atoms with van der Waals surface area (Å²) >= 11 is 12.6. The number of amides is 1. The smallest absolute Gasteiger partial charge is 0.312 e. The third-order valence-electron chi connectivity index (χ3n) is 6.05. The first-order valence-electron chi connectivity index (χ1n) is 9.09. The highest BCUT2D eigenvalue weighted by Gasteiger charge is 2.61. The van der Waals surface area contributed by atoms with Gasteiger partial charge in [0, 0.05) is 11.1 Å². The van der Waals surface area contributed by atoms with Crippen molar-refractivity contribution < 1.29 is 14.3 Å². The fourth-order valence-electron chi connectivity index (χ4n) is 5.41. The van der Waals surface area contributed by atoms with Gasteiger partial charge in [-0.15, -0.1) is 11.6 Å². The molecule has 4 aliphatic carbocycles. The van der Waals surface area contributed by atoms with Crippen LogP contribution in [0, 0.1) is 17.3 Å². The summed E-state index contributed by atoms with van der Waals surface area (Å²) in [5.74, 6) is 0.700. The number of hydrogen-bond acceptors (Lipinski definition) is 4. The topological polar surface area (TPSA) is 68.3 Å². The summed E-state index contributed by atoms with van der Waals surface area (Å²) in [6, 6.07) is 3.24. The van der Waals surface area contributed by atoms with Gasteiger partial charge in [-0.1, -0.05) is 11.6 Å². The Bertz CT molecular complexity index is 723. The van der Waals surface area contributed by atoms with Gasteiger partial charge in [0.2, 0.25) is 0 Å². The minimum absolute atomic E-state index is 0.262. The average molecular weight is 397 g/mol. The zero-order chi connectivity index (χ0) is 18.5.